The fraction of sp³-hybridized carbons (Fsp3) is 0.174. The van der Waals surface area contributed by atoms with Crippen molar-refractivity contribution >= 4 is 33.2 Å². The smallest absolute Gasteiger partial charge is 0.255 e. The van der Waals surface area contributed by atoms with E-state index in [1.807, 2.05) is 30.3 Å². The minimum absolute atomic E-state index is 0.0186. The minimum Gasteiger partial charge on any atom is -0.492 e. The molecule has 0 bridgehead atoms. The van der Waals surface area contributed by atoms with Crippen molar-refractivity contribution in [3.8, 4) is 5.75 Å². The predicted molar refractivity (Wildman–Crippen MR) is 122 cm³/mol. The first kappa shape index (κ1) is 22.8. The average Bonchev–Trinajstić information content (AvgIpc) is 2.75. The molecule has 1 amide bonds. The van der Waals surface area contributed by atoms with Crippen LogP contribution in [-0.4, -0.2) is 20.9 Å². The number of benzene rings is 3. The summed E-state index contributed by atoms with van der Waals surface area (Å²) in [5.41, 5.74) is 1.49. The maximum absolute atomic E-state index is 13.0. The molecule has 3 aromatic carbocycles. The number of nitrogens with one attached hydrogen (secondary N) is 2. The monoisotopic (exact) mass is 458 g/mol. The molecule has 0 aliphatic carbocycles. The highest BCUT2D eigenvalue weighted by molar-refractivity contribution is 7.89. The second-order valence-electron chi connectivity index (χ2n) is 6.81. The topological polar surface area (TPSA) is 84.5 Å². The lowest BCUT2D eigenvalue weighted by atomic mass is 10.1. The third-order valence-corrected chi connectivity index (χ3v) is 6.34. The molecule has 0 aliphatic rings. The largest absolute Gasteiger partial charge is 0.492 e. The molecule has 0 fully saturated rings. The number of hydrogen-bond acceptors (Lipinski definition) is 4. The van der Waals surface area contributed by atoms with Crippen molar-refractivity contribution in [3.63, 3.8) is 0 Å². The van der Waals surface area contributed by atoms with Crippen molar-refractivity contribution in [1.29, 1.82) is 0 Å². The van der Waals surface area contributed by atoms with Gasteiger partial charge in [0, 0.05) is 16.6 Å². The Labute approximate surface area is 187 Å². The van der Waals surface area contributed by atoms with Gasteiger partial charge in [0.05, 0.1) is 17.2 Å². The summed E-state index contributed by atoms with van der Waals surface area (Å²) in [5.74, 6) is -0.0300. The average molecular weight is 459 g/mol. The van der Waals surface area contributed by atoms with E-state index >= 15 is 0 Å². The molecule has 0 unspecified atom stereocenters. The van der Waals surface area contributed by atoms with Gasteiger partial charge in [-0.3, -0.25) is 4.79 Å². The molecule has 0 saturated carbocycles. The van der Waals surface area contributed by atoms with Gasteiger partial charge in [-0.1, -0.05) is 41.9 Å². The fourth-order valence-corrected chi connectivity index (χ4v) is 4.35. The zero-order valence-electron chi connectivity index (χ0n) is 17.1. The van der Waals surface area contributed by atoms with Crippen molar-refractivity contribution in [2.24, 2.45) is 0 Å². The number of sulfonamides is 1. The summed E-state index contributed by atoms with van der Waals surface area (Å²) in [6, 6.07) is 19.6. The van der Waals surface area contributed by atoms with Crippen LogP contribution in [0.3, 0.4) is 0 Å². The summed E-state index contributed by atoms with van der Waals surface area (Å²) in [6.07, 6.45) is 0. The predicted octanol–water partition coefficient (Wildman–Crippen LogP) is 5.03. The van der Waals surface area contributed by atoms with Crippen LogP contribution >= 0.6 is 11.6 Å². The van der Waals surface area contributed by atoms with E-state index in [4.69, 9.17) is 16.3 Å². The van der Waals surface area contributed by atoms with E-state index in [0.29, 0.717) is 22.9 Å². The van der Waals surface area contributed by atoms with Crippen LogP contribution in [0.1, 0.15) is 35.8 Å². The third kappa shape index (κ3) is 5.85. The summed E-state index contributed by atoms with van der Waals surface area (Å²) < 4.78 is 34.1. The van der Waals surface area contributed by atoms with Gasteiger partial charge in [-0.15, -0.1) is 0 Å². The number of ether oxygens (including phenoxy) is 1. The van der Waals surface area contributed by atoms with Crippen molar-refractivity contribution in [2.45, 2.75) is 24.8 Å². The molecule has 3 aromatic rings. The van der Waals surface area contributed by atoms with E-state index in [9.17, 15) is 13.2 Å². The van der Waals surface area contributed by atoms with Crippen LogP contribution in [0.5, 0.6) is 5.75 Å². The zero-order valence-corrected chi connectivity index (χ0v) is 18.7. The van der Waals surface area contributed by atoms with Gasteiger partial charge in [0.25, 0.3) is 5.91 Å². The number of carbonyl (C=O) groups is 1. The van der Waals surface area contributed by atoms with E-state index < -0.39 is 22.0 Å². The van der Waals surface area contributed by atoms with Crippen LogP contribution in [0.25, 0.3) is 0 Å². The first-order valence-electron chi connectivity index (χ1n) is 9.71. The Morgan fingerprint density at radius 2 is 1.71 bits per heavy atom. The van der Waals surface area contributed by atoms with Crippen molar-refractivity contribution in [2.75, 3.05) is 11.9 Å². The van der Waals surface area contributed by atoms with E-state index in [1.165, 1.54) is 18.2 Å². The van der Waals surface area contributed by atoms with Gasteiger partial charge in [-0.05, 0) is 61.9 Å². The number of rotatable bonds is 8. The molecular formula is C23H23ClN2O4S. The standard InChI is InChI=1S/C23H23ClN2O4S/c1-3-30-22-14-13-20(31(28,29)26-16(2)17-7-5-4-6-8-17)15-21(22)25-23(27)18-9-11-19(24)12-10-18/h4-16,26H,3H2,1-2H3,(H,25,27)/t16-/m1/s1. The Morgan fingerprint density at radius 1 is 1.03 bits per heavy atom. The number of halogens is 1. The van der Waals surface area contributed by atoms with E-state index in [0.717, 1.165) is 5.56 Å². The Bertz CT molecular complexity index is 1150. The van der Waals surface area contributed by atoms with Gasteiger partial charge in [-0.25, -0.2) is 13.1 Å². The number of amides is 1. The number of carbonyl (C=O) groups excluding carboxylic acids is 1. The normalized spacial score (nSPS) is 12.2. The SMILES string of the molecule is CCOc1ccc(S(=O)(=O)N[C@H](C)c2ccccc2)cc1NC(=O)c1ccc(Cl)cc1. The molecule has 31 heavy (non-hydrogen) atoms. The lowest BCUT2D eigenvalue weighted by Crippen LogP contribution is -2.27. The highest BCUT2D eigenvalue weighted by Gasteiger charge is 2.21. The fourth-order valence-electron chi connectivity index (χ4n) is 2.96. The molecule has 0 radical (unpaired) electrons. The second-order valence-corrected chi connectivity index (χ2v) is 8.96. The van der Waals surface area contributed by atoms with Crippen molar-refractivity contribution in [3.05, 3.63) is 88.9 Å². The summed E-state index contributed by atoms with van der Waals surface area (Å²) in [7, 11) is -3.84. The van der Waals surface area contributed by atoms with Crippen LogP contribution in [-0.2, 0) is 10.0 Å². The molecule has 8 heteroatoms. The molecule has 0 aliphatic heterocycles. The molecular weight excluding hydrogens is 436 g/mol. The van der Waals surface area contributed by atoms with Crippen molar-refractivity contribution < 1.29 is 17.9 Å². The number of hydrogen-bond donors (Lipinski definition) is 2. The van der Waals surface area contributed by atoms with Crippen LogP contribution in [0.2, 0.25) is 5.02 Å². The highest BCUT2D eigenvalue weighted by Crippen LogP contribution is 2.29. The van der Waals surface area contributed by atoms with Crippen LogP contribution in [0.15, 0.2) is 77.7 Å². The highest BCUT2D eigenvalue weighted by atomic mass is 35.5. The van der Waals surface area contributed by atoms with Gasteiger partial charge in [0.15, 0.2) is 0 Å². The molecule has 162 valence electrons. The van der Waals surface area contributed by atoms with Crippen LogP contribution in [0, 0.1) is 0 Å². The Balaban J connectivity index is 1.87. The third-order valence-electron chi connectivity index (χ3n) is 4.55. The summed E-state index contributed by atoms with van der Waals surface area (Å²) in [6.45, 7) is 3.93. The quantitative estimate of drug-likeness (QED) is 0.495. The van der Waals surface area contributed by atoms with E-state index in [2.05, 4.69) is 10.0 Å². The lowest BCUT2D eigenvalue weighted by Gasteiger charge is -2.17. The number of anilines is 1. The van der Waals surface area contributed by atoms with E-state index in [1.54, 1.807) is 38.1 Å². The van der Waals surface area contributed by atoms with Gasteiger partial charge >= 0.3 is 0 Å². The zero-order chi connectivity index (χ0) is 22.4. The Morgan fingerprint density at radius 3 is 2.35 bits per heavy atom. The minimum atomic E-state index is -3.84. The summed E-state index contributed by atoms with van der Waals surface area (Å²) >= 11 is 5.87. The first-order valence-corrected chi connectivity index (χ1v) is 11.6. The van der Waals surface area contributed by atoms with Gasteiger partial charge in [0.1, 0.15) is 5.75 Å². The summed E-state index contributed by atoms with van der Waals surface area (Å²) in [4.78, 5) is 12.6. The molecule has 6 nitrogen and oxygen atoms in total. The lowest BCUT2D eigenvalue weighted by molar-refractivity contribution is 0.102. The first-order chi connectivity index (χ1) is 14.8. The van der Waals surface area contributed by atoms with Gasteiger partial charge < -0.3 is 10.1 Å². The molecule has 2 N–H and O–H groups in total. The molecule has 0 saturated heterocycles. The molecule has 0 heterocycles. The van der Waals surface area contributed by atoms with Crippen LogP contribution in [0.4, 0.5) is 5.69 Å². The molecule has 0 aromatic heterocycles. The van der Waals surface area contributed by atoms with Crippen molar-refractivity contribution in [1.82, 2.24) is 4.72 Å². The molecule has 0 spiro atoms. The maximum Gasteiger partial charge on any atom is 0.255 e. The Hall–Kier alpha value is -2.87. The van der Waals surface area contributed by atoms with Gasteiger partial charge in [-0.2, -0.15) is 0 Å². The van der Waals surface area contributed by atoms with Crippen LogP contribution < -0.4 is 14.8 Å². The summed E-state index contributed by atoms with van der Waals surface area (Å²) in [5, 5.41) is 3.24. The maximum atomic E-state index is 13.0. The Kier molecular flexibility index (Phi) is 7.33. The molecule has 1 atom stereocenters. The second kappa shape index (κ2) is 9.96. The van der Waals surface area contributed by atoms with Gasteiger partial charge in [0.2, 0.25) is 10.0 Å². The molecule has 3 rings (SSSR count). The van der Waals surface area contributed by atoms with E-state index in [-0.39, 0.29) is 10.6 Å².